The van der Waals surface area contributed by atoms with Gasteiger partial charge in [0, 0.05) is 11.8 Å². The zero-order chi connectivity index (χ0) is 20.9. The summed E-state index contributed by atoms with van der Waals surface area (Å²) in [6.45, 7) is 5.17. The number of nitrogens with one attached hydrogen (secondary N) is 1. The highest BCUT2D eigenvalue weighted by molar-refractivity contribution is 5.97. The first-order valence-corrected chi connectivity index (χ1v) is 8.50. The Morgan fingerprint density at radius 3 is 2.32 bits per heavy atom. The van der Waals surface area contributed by atoms with Gasteiger partial charge in [0.05, 0.1) is 5.56 Å². The maximum Gasteiger partial charge on any atom is 0.416 e. The summed E-state index contributed by atoms with van der Waals surface area (Å²) in [5.41, 5.74) is 2.11. The fourth-order valence-corrected chi connectivity index (χ4v) is 2.32. The summed E-state index contributed by atoms with van der Waals surface area (Å²) in [5.74, 6) is -1.26. The van der Waals surface area contributed by atoms with E-state index in [-0.39, 0.29) is 0 Å². The van der Waals surface area contributed by atoms with Gasteiger partial charge >= 0.3 is 12.1 Å². The predicted molar refractivity (Wildman–Crippen MR) is 101 cm³/mol. The van der Waals surface area contributed by atoms with Crippen LogP contribution in [0.1, 0.15) is 29.2 Å². The maximum absolute atomic E-state index is 12.5. The number of halogens is 3. The standard InChI is InChI=1S/C21H20F3NO3/c1-13-4-5-14(2)18(12-13)25-20(27)15(3)28-19(26)11-8-16-6-9-17(10-7-16)21(22,23)24/h4-12,15H,1-3H3,(H,25,27)/b11-8+/t15-/m0/s1. The molecule has 2 rings (SSSR count). The lowest BCUT2D eigenvalue weighted by molar-refractivity contribution is -0.148. The number of hydrogen-bond donors (Lipinski definition) is 1. The molecule has 0 aliphatic carbocycles. The molecule has 0 heterocycles. The van der Waals surface area contributed by atoms with Gasteiger partial charge in [-0.2, -0.15) is 13.2 Å². The van der Waals surface area contributed by atoms with Crippen molar-refractivity contribution in [1.29, 1.82) is 0 Å². The molecule has 0 spiro atoms. The number of benzene rings is 2. The van der Waals surface area contributed by atoms with Crippen molar-refractivity contribution in [1.82, 2.24) is 0 Å². The summed E-state index contributed by atoms with van der Waals surface area (Å²) in [5, 5.41) is 2.70. The molecule has 0 unspecified atom stereocenters. The molecule has 0 saturated carbocycles. The van der Waals surface area contributed by atoms with E-state index in [1.807, 2.05) is 32.0 Å². The van der Waals surface area contributed by atoms with Crippen LogP contribution in [0.3, 0.4) is 0 Å². The molecular formula is C21H20F3NO3. The average molecular weight is 391 g/mol. The molecule has 0 aliphatic heterocycles. The first-order valence-electron chi connectivity index (χ1n) is 8.50. The van der Waals surface area contributed by atoms with Crippen molar-refractivity contribution in [3.05, 3.63) is 70.8 Å². The van der Waals surface area contributed by atoms with Gasteiger partial charge in [0.1, 0.15) is 0 Å². The van der Waals surface area contributed by atoms with E-state index >= 15 is 0 Å². The highest BCUT2D eigenvalue weighted by Gasteiger charge is 2.29. The Morgan fingerprint density at radius 1 is 1.07 bits per heavy atom. The molecule has 2 aromatic rings. The fourth-order valence-electron chi connectivity index (χ4n) is 2.32. The second-order valence-electron chi connectivity index (χ2n) is 6.34. The van der Waals surface area contributed by atoms with E-state index in [0.29, 0.717) is 11.3 Å². The van der Waals surface area contributed by atoms with E-state index in [1.54, 1.807) is 0 Å². The van der Waals surface area contributed by atoms with E-state index in [9.17, 15) is 22.8 Å². The average Bonchev–Trinajstić information content (AvgIpc) is 2.62. The molecule has 0 radical (unpaired) electrons. The second-order valence-corrected chi connectivity index (χ2v) is 6.34. The molecule has 1 N–H and O–H groups in total. The monoisotopic (exact) mass is 391 g/mol. The van der Waals surface area contributed by atoms with E-state index in [0.717, 1.165) is 29.3 Å². The number of esters is 1. The zero-order valence-electron chi connectivity index (χ0n) is 15.6. The van der Waals surface area contributed by atoms with Crippen LogP contribution in [0.15, 0.2) is 48.5 Å². The third kappa shape index (κ3) is 5.97. The Bertz CT molecular complexity index is 887. The van der Waals surface area contributed by atoms with Gasteiger partial charge in [-0.05, 0) is 61.7 Å². The Balaban J connectivity index is 1.93. The third-order valence-electron chi connectivity index (χ3n) is 3.96. The number of carbonyl (C=O) groups is 2. The van der Waals surface area contributed by atoms with Crippen molar-refractivity contribution in [2.75, 3.05) is 5.32 Å². The van der Waals surface area contributed by atoms with Crippen molar-refractivity contribution in [2.45, 2.75) is 33.1 Å². The summed E-state index contributed by atoms with van der Waals surface area (Å²) < 4.78 is 42.6. The molecular weight excluding hydrogens is 371 g/mol. The summed E-state index contributed by atoms with van der Waals surface area (Å²) in [7, 11) is 0. The van der Waals surface area contributed by atoms with Crippen LogP contribution in [-0.2, 0) is 20.5 Å². The van der Waals surface area contributed by atoms with Crippen LogP contribution < -0.4 is 5.32 Å². The highest BCUT2D eigenvalue weighted by Crippen LogP contribution is 2.29. The van der Waals surface area contributed by atoms with Gasteiger partial charge in [0.15, 0.2) is 6.10 Å². The SMILES string of the molecule is Cc1ccc(C)c(NC(=O)[C@H](C)OC(=O)/C=C/c2ccc(C(F)(F)F)cc2)c1. The smallest absolute Gasteiger partial charge is 0.416 e. The molecule has 0 aliphatic rings. The Labute approximate surface area is 161 Å². The predicted octanol–water partition coefficient (Wildman–Crippen LogP) is 4.91. The van der Waals surface area contributed by atoms with Crippen molar-refractivity contribution in [3.63, 3.8) is 0 Å². The minimum Gasteiger partial charge on any atom is -0.449 e. The van der Waals surface area contributed by atoms with Crippen LogP contribution in [0.5, 0.6) is 0 Å². The van der Waals surface area contributed by atoms with Crippen molar-refractivity contribution in [3.8, 4) is 0 Å². The fraction of sp³-hybridized carbons (Fsp3) is 0.238. The number of alkyl halides is 3. The molecule has 2 aromatic carbocycles. The van der Waals surface area contributed by atoms with Gasteiger partial charge in [-0.15, -0.1) is 0 Å². The number of carbonyl (C=O) groups excluding carboxylic acids is 2. The molecule has 1 atom stereocenters. The molecule has 0 bridgehead atoms. The first kappa shape index (κ1) is 21.2. The van der Waals surface area contributed by atoms with Crippen molar-refractivity contribution < 1.29 is 27.5 Å². The molecule has 4 nitrogen and oxygen atoms in total. The quantitative estimate of drug-likeness (QED) is 0.582. The van der Waals surface area contributed by atoms with Crippen LogP contribution in [0.4, 0.5) is 18.9 Å². The van der Waals surface area contributed by atoms with E-state index in [4.69, 9.17) is 4.74 Å². The van der Waals surface area contributed by atoms with Crippen molar-refractivity contribution in [2.24, 2.45) is 0 Å². The number of ether oxygens (including phenoxy) is 1. The number of anilines is 1. The number of rotatable bonds is 5. The van der Waals surface area contributed by atoms with Gasteiger partial charge in [-0.25, -0.2) is 4.79 Å². The van der Waals surface area contributed by atoms with E-state index in [1.165, 1.54) is 25.1 Å². The molecule has 28 heavy (non-hydrogen) atoms. The van der Waals surface area contributed by atoms with E-state index in [2.05, 4.69) is 5.32 Å². The van der Waals surface area contributed by atoms with Crippen molar-refractivity contribution >= 4 is 23.6 Å². The highest BCUT2D eigenvalue weighted by atomic mass is 19.4. The Morgan fingerprint density at radius 2 is 1.71 bits per heavy atom. The van der Waals surface area contributed by atoms with Crippen LogP contribution >= 0.6 is 0 Å². The Kier molecular flexibility index (Phi) is 6.62. The largest absolute Gasteiger partial charge is 0.449 e. The minimum absolute atomic E-state index is 0.400. The van der Waals surface area contributed by atoms with E-state index < -0.39 is 29.7 Å². The third-order valence-corrected chi connectivity index (χ3v) is 3.96. The molecule has 148 valence electrons. The van der Waals surface area contributed by atoms with Gasteiger partial charge < -0.3 is 10.1 Å². The summed E-state index contributed by atoms with van der Waals surface area (Å²) in [6.07, 6.45) is -3.08. The lowest BCUT2D eigenvalue weighted by Gasteiger charge is -2.14. The minimum atomic E-state index is -4.42. The summed E-state index contributed by atoms with van der Waals surface area (Å²) >= 11 is 0. The summed E-state index contributed by atoms with van der Waals surface area (Å²) in [6, 6.07) is 9.92. The van der Waals surface area contributed by atoms with Crippen LogP contribution in [0.25, 0.3) is 6.08 Å². The topological polar surface area (TPSA) is 55.4 Å². The molecule has 1 amide bonds. The Hall–Kier alpha value is -3.09. The molecule has 0 aromatic heterocycles. The van der Waals surface area contributed by atoms with Crippen LogP contribution in [-0.4, -0.2) is 18.0 Å². The maximum atomic E-state index is 12.5. The normalized spacial score (nSPS) is 12.6. The van der Waals surface area contributed by atoms with Crippen LogP contribution in [0.2, 0.25) is 0 Å². The molecule has 7 heteroatoms. The number of amides is 1. The molecule has 0 saturated heterocycles. The van der Waals surface area contributed by atoms with Gasteiger partial charge in [-0.3, -0.25) is 4.79 Å². The van der Waals surface area contributed by atoms with Gasteiger partial charge in [-0.1, -0.05) is 24.3 Å². The molecule has 0 fully saturated rings. The van der Waals surface area contributed by atoms with Gasteiger partial charge in [0.25, 0.3) is 5.91 Å². The number of aryl methyl sites for hydroxylation is 2. The lowest BCUT2D eigenvalue weighted by Crippen LogP contribution is -2.29. The summed E-state index contributed by atoms with van der Waals surface area (Å²) in [4.78, 5) is 24.1. The number of hydrogen-bond acceptors (Lipinski definition) is 3. The van der Waals surface area contributed by atoms with Gasteiger partial charge in [0.2, 0.25) is 0 Å². The van der Waals surface area contributed by atoms with Crippen LogP contribution in [0, 0.1) is 13.8 Å². The second kappa shape index (κ2) is 8.73. The lowest BCUT2D eigenvalue weighted by atomic mass is 10.1. The zero-order valence-corrected chi connectivity index (χ0v) is 15.6. The first-order chi connectivity index (χ1) is 13.1.